The Bertz CT molecular complexity index is 158. The van der Waals surface area contributed by atoms with Crippen molar-refractivity contribution in [3.05, 3.63) is 0 Å². The van der Waals surface area contributed by atoms with Gasteiger partial charge in [0, 0.05) is 29.3 Å². The van der Waals surface area contributed by atoms with Crippen LogP contribution in [0.15, 0.2) is 0 Å². The van der Waals surface area contributed by atoms with Gasteiger partial charge in [0.25, 0.3) is 0 Å². The van der Waals surface area contributed by atoms with E-state index in [0.717, 1.165) is 0 Å². The number of aliphatic hydroxyl groups is 2. The standard InChI is InChI=1S/2C5H10O2.Ni/c2*1-4(6)3-5(2)7;/h2*4,6H,3H2,1-2H3;. The van der Waals surface area contributed by atoms with Gasteiger partial charge in [0.05, 0.1) is 12.2 Å². The summed E-state index contributed by atoms with van der Waals surface area (Å²) in [5.74, 6) is 0.0741. The van der Waals surface area contributed by atoms with Crippen molar-refractivity contribution in [3.63, 3.8) is 0 Å². The van der Waals surface area contributed by atoms with Gasteiger partial charge in [-0.3, -0.25) is 9.59 Å². The van der Waals surface area contributed by atoms with Crippen LogP contribution in [0.5, 0.6) is 0 Å². The third kappa shape index (κ3) is 31.6. The van der Waals surface area contributed by atoms with Crippen LogP contribution in [0.25, 0.3) is 0 Å². The van der Waals surface area contributed by atoms with E-state index in [1.165, 1.54) is 13.8 Å². The first kappa shape index (κ1) is 20.2. The molecule has 0 spiro atoms. The molecule has 0 aromatic heterocycles. The predicted octanol–water partition coefficient (Wildman–Crippen LogP) is 0.690. The van der Waals surface area contributed by atoms with E-state index in [2.05, 4.69) is 0 Å². The van der Waals surface area contributed by atoms with Crippen LogP contribution in [0.3, 0.4) is 0 Å². The number of Topliss-reactive ketones (excluding diaryl/α,β-unsaturated/α-hetero) is 2. The summed E-state index contributed by atoms with van der Waals surface area (Å²) < 4.78 is 0. The second-order valence-corrected chi connectivity index (χ2v) is 3.51. The van der Waals surface area contributed by atoms with Gasteiger partial charge in [-0.2, -0.15) is 0 Å². The summed E-state index contributed by atoms with van der Waals surface area (Å²) in [5.41, 5.74) is 0. The van der Waals surface area contributed by atoms with Gasteiger partial charge < -0.3 is 10.2 Å². The van der Waals surface area contributed by atoms with E-state index in [0.29, 0.717) is 0 Å². The molecule has 0 aliphatic rings. The zero-order valence-corrected chi connectivity index (χ0v) is 10.6. The fourth-order valence-electron chi connectivity index (χ4n) is 0.832. The Morgan fingerprint density at radius 3 is 1.13 bits per heavy atom. The normalized spacial score (nSPS) is 12.7. The summed E-state index contributed by atoms with van der Waals surface area (Å²) in [6.45, 7) is 6.13. The first-order chi connectivity index (χ1) is 6.25. The Morgan fingerprint density at radius 1 is 0.933 bits per heavy atom. The minimum absolute atomic E-state index is 0. The van der Waals surface area contributed by atoms with Crippen molar-refractivity contribution in [1.82, 2.24) is 0 Å². The van der Waals surface area contributed by atoms with Crippen LogP contribution in [-0.4, -0.2) is 34.0 Å². The molecule has 0 aromatic rings. The molecule has 0 amide bonds. The number of ketones is 2. The summed E-state index contributed by atoms with van der Waals surface area (Å²) in [4.78, 5) is 20.2. The van der Waals surface area contributed by atoms with Crippen LogP contribution < -0.4 is 0 Å². The predicted molar refractivity (Wildman–Crippen MR) is 54.0 cm³/mol. The van der Waals surface area contributed by atoms with E-state index in [-0.39, 0.29) is 40.9 Å². The minimum atomic E-state index is -0.475. The number of rotatable bonds is 4. The molecular formula is C10H20NiO4. The quantitative estimate of drug-likeness (QED) is 0.732. The summed E-state index contributed by atoms with van der Waals surface area (Å²) in [5, 5.41) is 17.0. The first-order valence-electron chi connectivity index (χ1n) is 4.60. The Morgan fingerprint density at radius 2 is 1.13 bits per heavy atom. The first-order valence-corrected chi connectivity index (χ1v) is 4.60. The molecule has 0 aliphatic heterocycles. The average molecular weight is 263 g/mol. The Balaban J connectivity index is -0.000000180. The van der Waals surface area contributed by atoms with Gasteiger partial charge in [-0.15, -0.1) is 0 Å². The van der Waals surface area contributed by atoms with Crippen molar-refractivity contribution in [2.24, 2.45) is 0 Å². The van der Waals surface area contributed by atoms with E-state index < -0.39 is 12.2 Å². The zero-order chi connectivity index (χ0) is 11.7. The maximum atomic E-state index is 10.1. The van der Waals surface area contributed by atoms with Gasteiger partial charge in [0.15, 0.2) is 0 Å². The number of carbonyl (C=O) groups excluding carboxylic acids is 2. The Kier molecular flexibility index (Phi) is 15.9. The minimum Gasteiger partial charge on any atom is -0.393 e. The molecule has 0 heterocycles. The molecule has 0 aliphatic carbocycles. The summed E-state index contributed by atoms with van der Waals surface area (Å²) in [7, 11) is 0. The smallest absolute Gasteiger partial charge is 0.132 e. The van der Waals surface area contributed by atoms with E-state index >= 15 is 0 Å². The monoisotopic (exact) mass is 262 g/mol. The van der Waals surface area contributed by atoms with Gasteiger partial charge >= 0.3 is 0 Å². The van der Waals surface area contributed by atoms with Crippen molar-refractivity contribution < 1.29 is 36.3 Å². The molecule has 0 bridgehead atoms. The van der Waals surface area contributed by atoms with Gasteiger partial charge in [0.1, 0.15) is 11.6 Å². The molecule has 94 valence electrons. The molecule has 0 aromatic carbocycles. The number of hydrogen-bond donors (Lipinski definition) is 2. The van der Waals surface area contributed by atoms with Crippen LogP contribution in [0.4, 0.5) is 0 Å². The maximum absolute atomic E-state index is 10.1. The van der Waals surface area contributed by atoms with Crippen LogP contribution >= 0.6 is 0 Å². The molecule has 2 atom stereocenters. The zero-order valence-electron chi connectivity index (χ0n) is 9.60. The summed E-state index contributed by atoms with van der Waals surface area (Å²) in [6, 6.07) is 0. The molecule has 0 fully saturated rings. The van der Waals surface area contributed by atoms with Crippen LogP contribution in [-0.2, 0) is 26.1 Å². The summed E-state index contributed by atoms with van der Waals surface area (Å²) >= 11 is 0. The maximum Gasteiger partial charge on any atom is 0.132 e. The molecule has 0 saturated carbocycles. The number of hydrogen-bond acceptors (Lipinski definition) is 4. The van der Waals surface area contributed by atoms with E-state index in [9.17, 15) is 9.59 Å². The average Bonchev–Trinajstić information content (AvgIpc) is 1.79. The third-order valence-corrected chi connectivity index (χ3v) is 1.17. The molecule has 0 radical (unpaired) electrons. The largest absolute Gasteiger partial charge is 0.393 e. The van der Waals surface area contributed by atoms with Gasteiger partial charge in [-0.1, -0.05) is 0 Å². The van der Waals surface area contributed by atoms with Crippen molar-refractivity contribution >= 4 is 11.6 Å². The molecule has 4 nitrogen and oxygen atoms in total. The second-order valence-electron chi connectivity index (χ2n) is 3.51. The van der Waals surface area contributed by atoms with Crippen molar-refractivity contribution in [1.29, 1.82) is 0 Å². The van der Waals surface area contributed by atoms with Crippen molar-refractivity contribution in [3.8, 4) is 0 Å². The fourth-order valence-corrected chi connectivity index (χ4v) is 0.832. The van der Waals surface area contributed by atoms with Gasteiger partial charge in [0.2, 0.25) is 0 Å². The number of carbonyl (C=O) groups is 2. The Labute approximate surface area is 101 Å². The topological polar surface area (TPSA) is 74.6 Å². The third-order valence-electron chi connectivity index (χ3n) is 1.17. The number of aliphatic hydroxyl groups excluding tert-OH is 2. The molecule has 2 unspecified atom stereocenters. The molecule has 5 heteroatoms. The SMILES string of the molecule is CC(=O)CC(C)O.CC(=O)CC(C)O.[Ni]. The second kappa shape index (κ2) is 11.8. The van der Waals surface area contributed by atoms with Crippen LogP contribution in [0.2, 0.25) is 0 Å². The van der Waals surface area contributed by atoms with E-state index in [1.807, 2.05) is 0 Å². The molecule has 0 saturated heterocycles. The Hall–Kier alpha value is -0.246. The van der Waals surface area contributed by atoms with E-state index in [1.54, 1.807) is 13.8 Å². The molecular weight excluding hydrogens is 243 g/mol. The van der Waals surface area contributed by atoms with Crippen molar-refractivity contribution in [2.45, 2.75) is 52.7 Å². The molecule has 15 heavy (non-hydrogen) atoms. The van der Waals surface area contributed by atoms with Gasteiger partial charge in [-0.05, 0) is 27.7 Å². The fraction of sp³-hybridized carbons (Fsp3) is 0.800. The van der Waals surface area contributed by atoms with Crippen molar-refractivity contribution in [2.75, 3.05) is 0 Å². The van der Waals surface area contributed by atoms with Crippen LogP contribution in [0.1, 0.15) is 40.5 Å². The molecule has 0 rings (SSSR count). The molecule has 2 N–H and O–H groups in total. The summed E-state index contributed by atoms with van der Waals surface area (Å²) in [6.07, 6.45) is -0.394. The van der Waals surface area contributed by atoms with Gasteiger partial charge in [-0.25, -0.2) is 0 Å². The van der Waals surface area contributed by atoms with Crippen LogP contribution in [0, 0.1) is 0 Å². The van der Waals surface area contributed by atoms with E-state index in [4.69, 9.17) is 10.2 Å².